The van der Waals surface area contributed by atoms with Gasteiger partial charge in [-0.2, -0.15) is 17.0 Å². The molecule has 1 aromatic rings. The molecule has 1 N–H and O–H groups in total. The molecule has 0 bridgehead atoms. The zero-order chi connectivity index (χ0) is 24.0. The third-order valence-electron chi connectivity index (χ3n) is 7.23. The zero-order valence-corrected chi connectivity index (χ0v) is 21.1. The van der Waals surface area contributed by atoms with Gasteiger partial charge in [0.2, 0.25) is 5.91 Å². The van der Waals surface area contributed by atoms with Crippen molar-refractivity contribution in [1.82, 2.24) is 18.4 Å². The highest BCUT2D eigenvalue weighted by Crippen LogP contribution is 2.25. The number of amides is 1. The molecule has 1 aliphatic carbocycles. The fraction of sp³-hybridized carbons (Fsp3) is 0.708. The number of carbonyl (C=O) groups excluding carboxylic acids is 1. The predicted octanol–water partition coefficient (Wildman–Crippen LogP) is 1.58. The normalized spacial score (nSPS) is 22.2. The van der Waals surface area contributed by atoms with Gasteiger partial charge in [-0.05, 0) is 30.5 Å². The number of nitrogens with zero attached hydrogens (tertiary/aromatic N) is 4. The maximum atomic E-state index is 13.1. The minimum absolute atomic E-state index is 0.0726. The molecule has 0 aromatic heterocycles. The lowest BCUT2D eigenvalue weighted by Crippen LogP contribution is -2.55. The highest BCUT2D eigenvalue weighted by Gasteiger charge is 2.34. The number of morpholine rings is 1. The van der Waals surface area contributed by atoms with Crippen molar-refractivity contribution in [3.8, 4) is 0 Å². The van der Waals surface area contributed by atoms with Crippen LogP contribution in [0.4, 0.5) is 5.69 Å². The Bertz CT molecular complexity index is 890. The van der Waals surface area contributed by atoms with Crippen molar-refractivity contribution in [1.29, 1.82) is 0 Å². The second-order valence-electron chi connectivity index (χ2n) is 9.62. The van der Waals surface area contributed by atoms with Crippen molar-refractivity contribution in [2.75, 3.05) is 71.4 Å². The molecule has 34 heavy (non-hydrogen) atoms. The van der Waals surface area contributed by atoms with E-state index in [1.54, 1.807) is 15.7 Å². The number of benzene rings is 1. The number of nitrogens with one attached hydrogen (secondary N) is 1. The molecule has 2 saturated heterocycles. The van der Waals surface area contributed by atoms with Crippen LogP contribution >= 0.6 is 0 Å². The van der Waals surface area contributed by atoms with E-state index in [0.717, 1.165) is 64.2 Å². The van der Waals surface area contributed by atoms with E-state index in [4.69, 9.17) is 4.74 Å². The first-order chi connectivity index (χ1) is 16.4. The average Bonchev–Trinajstić information content (AvgIpc) is 2.86. The van der Waals surface area contributed by atoms with Crippen LogP contribution in [-0.4, -0.2) is 105 Å². The predicted molar refractivity (Wildman–Crippen MR) is 133 cm³/mol. The quantitative estimate of drug-likeness (QED) is 0.592. The first-order valence-corrected chi connectivity index (χ1v) is 14.0. The molecule has 3 fully saturated rings. The number of anilines is 1. The molecule has 0 radical (unpaired) electrons. The van der Waals surface area contributed by atoms with Gasteiger partial charge >= 0.3 is 0 Å². The molecule has 0 unspecified atom stereocenters. The smallest absolute Gasteiger partial charge is 0.282 e. The first-order valence-electron chi connectivity index (χ1n) is 12.6. The summed E-state index contributed by atoms with van der Waals surface area (Å²) in [4.78, 5) is 16.9. The third kappa shape index (κ3) is 6.77. The number of piperazine rings is 1. The zero-order valence-electron chi connectivity index (χ0n) is 20.3. The molecule has 9 nitrogen and oxygen atoms in total. The summed E-state index contributed by atoms with van der Waals surface area (Å²) in [7, 11) is -1.73. The van der Waals surface area contributed by atoms with Crippen LogP contribution in [0.25, 0.3) is 0 Å². The van der Waals surface area contributed by atoms with E-state index in [1.165, 1.54) is 12.0 Å². The minimum atomic E-state index is -3.45. The Balaban J connectivity index is 1.20. The lowest BCUT2D eigenvalue weighted by Gasteiger charge is -2.38. The maximum Gasteiger partial charge on any atom is 0.282 e. The molecule has 3 aliphatic rings. The summed E-state index contributed by atoms with van der Waals surface area (Å²) >= 11 is 0. The molecule has 0 atom stereocenters. The van der Waals surface area contributed by atoms with Gasteiger partial charge in [-0.25, -0.2) is 0 Å². The molecule has 1 aromatic carbocycles. The lowest BCUT2D eigenvalue weighted by molar-refractivity contribution is -0.117. The molecule has 0 spiro atoms. The van der Waals surface area contributed by atoms with Crippen molar-refractivity contribution < 1.29 is 17.9 Å². The van der Waals surface area contributed by atoms with Crippen molar-refractivity contribution >= 4 is 21.8 Å². The summed E-state index contributed by atoms with van der Waals surface area (Å²) < 4.78 is 34.7. The van der Waals surface area contributed by atoms with Crippen LogP contribution in [-0.2, 0) is 26.3 Å². The van der Waals surface area contributed by atoms with Crippen LogP contribution in [0.5, 0.6) is 0 Å². The number of hydrogen-bond acceptors (Lipinski definition) is 6. The summed E-state index contributed by atoms with van der Waals surface area (Å²) in [5.74, 6) is -0.0726. The van der Waals surface area contributed by atoms with E-state index in [9.17, 15) is 13.2 Å². The van der Waals surface area contributed by atoms with E-state index in [1.807, 2.05) is 17.0 Å². The highest BCUT2D eigenvalue weighted by atomic mass is 32.2. The Morgan fingerprint density at radius 2 is 1.62 bits per heavy atom. The van der Waals surface area contributed by atoms with Crippen molar-refractivity contribution in [3.05, 3.63) is 29.8 Å². The highest BCUT2D eigenvalue weighted by molar-refractivity contribution is 7.86. The number of hydrogen-bond donors (Lipinski definition) is 1. The number of ether oxygens (including phenoxy) is 1. The topological polar surface area (TPSA) is 85.4 Å². The Morgan fingerprint density at radius 3 is 2.26 bits per heavy atom. The van der Waals surface area contributed by atoms with E-state index >= 15 is 0 Å². The van der Waals surface area contributed by atoms with E-state index in [2.05, 4.69) is 22.3 Å². The van der Waals surface area contributed by atoms with Crippen molar-refractivity contribution in [3.63, 3.8) is 0 Å². The average molecular weight is 494 g/mol. The van der Waals surface area contributed by atoms with E-state index < -0.39 is 10.2 Å². The van der Waals surface area contributed by atoms with Crippen LogP contribution in [0.15, 0.2) is 24.3 Å². The third-order valence-corrected chi connectivity index (χ3v) is 9.27. The number of rotatable bonds is 8. The fourth-order valence-electron chi connectivity index (χ4n) is 5.05. The minimum Gasteiger partial charge on any atom is -0.379 e. The van der Waals surface area contributed by atoms with Gasteiger partial charge in [0.1, 0.15) is 0 Å². The van der Waals surface area contributed by atoms with Gasteiger partial charge in [0.05, 0.1) is 19.8 Å². The van der Waals surface area contributed by atoms with Gasteiger partial charge in [-0.15, -0.1) is 0 Å². The van der Waals surface area contributed by atoms with Gasteiger partial charge in [0.25, 0.3) is 10.2 Å². The van der Waals surface area contributed by atoms with Crippen LogP contribution < -0.4 is 5.32 Å². The van der Waals surface area contributed by atoms with Crippen LogP contribution in [0.1, 0.15) is 37.7 Å². The second kappa shape index (κ2) is 11.9. The number of carbonyl (C=O) groups is 1. The Labute approximate surface area is 204 Å². The molecule has 2 aliphatic heterocycles. The van der Waals surface area contributed by atoms with Gasteiger partial charge in [-0.3, -0.25) is 14.6 Å². The SMILES string of the molecule is CN(C1CCCCC1)S(=O)(=O)N1CCN(CC(=O)Nc2ccc(CN3CCOCC3)cc2)CC1. The summed E-state index contributed by atoms with van der Waals surface area (Å²) in [6, 6.07) is 8.11. The van der Waals surface area contributed by atoms with Crippen LogP contribution in [0, 0.1) is 0 Å². The van der Waals surface area contributed by atoms with Crippen LogP contribution in [0.3, 0.4) is 0 Å². The molecular weight excluding hydrogens is 454 g/mol. The fourth-order valence-corrected chi connectivity index (χ4v) is 6.62. The molecule has 2 heterocycles. The Morgan fingerprint density at radius 1 is 0.971 bits per heavy atom. The second-order valence-corrected chi connectivity index (χ2v) is 11.6. The molecule has 1 amide bonds. The largest absolute Gasteiger partial charge is 0.379 e. The van der Waals surface area contributed by atoms with Crippen molar-refractivity contribution in [2.45, 2.75) is 44.7 Å². The Hall–Kier alpha value is -1.56. The molecular formula is C24H39N5O4S. The van der Waals surface area contributed by atoms with Gasteiger partial charge in [-0.1, -0.05) is 31.4 Å². The first kappa shape index (κ1) is 25.5. The Kier molecular flexibility index (Phi) is 8.95. The standard InChI is InChI=1S/C24H39N5O4S/c1-26(23-5-3-2-4-6-23)34(31,32)29-13-11-27(12-14-29)20-24(30)25-22-9-7-21(8-10-22)19-28-15-17-33-18-16-28/h7-10,23H,2-6,11-20H2,1H3,(H,25,30). The van der Waals surface area contributed by atoms with Gasteiger partial charge in [0.15, 0.2) is 0 Å². The summed E-state index contributed by atoms with van der Waals surface area (Å²) in [6.07, 6.45) is 5.30. The van der Waals surface area contributed by atoms with Gasteiger partial charge < -0.3 is 10.1 Å². The van der Waals surface area contributed by atoms with Crippen molar-refractivity contribution in [2.24, 2.45) is 0 Å². The van der Waals surface area contributed by atoms with Crippen LogP contribution in [0.2, 0.25) is 0 Å². The van der Waals surface area contributed by atoms with E-state index in [-0.39, 0.29) is 18.5 Å². The maximum absolute atomic E-state index is 13.1. The molecule has 1 saturated carbocycles. The summed E-state index contributed by atoms with van der Waals surface area (Å²) in [6.45, 7) is 6.58. The molecule has 10 heteroatoms. The summed E-state index contributed by atoms with van der Waals surface area (Å²) in [5, 5.41) is 2.97. The lowest BCUT2D eigenvalue weighted by atomic mass is 9.96. The van der Waals surface area contributed by atoms with E-state index in [0.29, 0.717) is 26.2 Å². The molecule has 190 valence electrons. The van der Waals surface area contributed by atoms with Gasteiger partial charge in [0, 0.05) is 64.6 Å². The summed E-state index contributed by atoms with van der Waals surface area (Å²) in [5.41, 5.74) is 2.00. The molecule has 4 rings (SSSR count). The monoisotopic (exact) mass is 493 g/mol.